The lowest BCUT2D eigenvalue weighted by molar-refractivity contribution is 0.243. The van der Waals surface area contributed by atoms with Crippen LogP contribution in [0.2, 0.25) is 0 Å². The van der Waals surface area contributed by atoms with Gasteiger partial charge in [-0.15, -0.1) is 0 Å². The number of halogens is 1. The fourth-order valence-corrected chi connectivity index (χ4v) is 3.93. The van der Waals surface area contributed by atoms with Gasteiger partial charge in [-0.1, -0.05) is 12.1 Å². The molecule has 7 nitrogen and oxygen atoms in total. The van der Waals surface area contributed by atoms with Crippen molar-refractivity contribution in [3.8, 4) is 11.5 Å². The molecular formula is C21H18FN3O4. The van der Waals surface area contributed by atoms with Gasteiger partial charge in [-0.05, 0) is 23.8 Å². The summed E-state index contributed by atoms with van der Waals surface area (Å²) in [5.74, 6) is 0.530. The molecule has 0 unspecified atom stereocenters. The van der Waals surface area contributed by atoms with Crippen molar-refractivity contribution in [2.75, 3.05) is 30.1 Å². The first-order chi connectivity index (χ1) is 14.1. The number of aliphatic hydroxyl groups excluding tert-OH is 1. The molecule has 0 radical (unpaired) electrons. The number of aromatic nitrogens is 1. The van der Waals surface area contributed by atoms with Gasteiger partial charge in [-0.25, -0.2) is 9.18 Å². The number of methoxy groups -OCH3 is 1. The largest absolute Gasteiger partial charge is 0.497 e. The maximum Gasteiger partial charge on any atom is 0.329 e. The van der Waals surface area contributed by atoms with Crippen molar-refractivity contribution < 1.29 is 23.8 Å². The zero-order valence-electron chi connectivity index (χ0n) is 15.7. The lowest BCUT2D eigenvalue weighted by atomic mass is 10.0. The molecule has 1 aromatic heterocycles. The van der Waals surface area contributed by atoms with E-state index in [-0.39, 0.29) is 23.8 Å². The van der Waals surface area contributed by atoms with E-state index in [1.54, 1.807) is 30.3 Å². The predicted molar refractivity (Wildman–Crippen MR) is 105 cm³/mol. The minimum Gasteiger partial charge on any atom is -0.497 e. The van der Waals surface area contributed by atoms with Crippen LogP contribution in [0.5, 0.6) is 11.5 Å². The van der Waals surface area contributed by atoms with Gasteiger partial charge in [0.05, 0.1) is 49.6 Å². The van der Waals surface area contributed by atoms with E-state index in [0.717, 1.165) is 5.56 Å². The van der Waals surface area contributed by atoms with Gasteiger partial charge in [0.25, 0.3) is 0 Å². The van der Waals surface area contributed by atoms with Crippen LogP contribution < -0.4 is 19.3 Å². The highest BCUT2D eigenvalue weighted by Gasteiger charge is 2.39. The SMILES string of the molecule is COc1ccc(CN2C(=O)N3CCOc4cnc5cc(CO)c(F)c2c5c43)cc1. The Morgan fingerprint density at radius 1 is 1.28 bits per heavy atom. The first-order valence-corrected chi connectivity index (χ1v) is 9.22. The molecule has 1 N–H and O–H groups in total. The van der Waals surface area contributed by atoms with Gasteiger partial charge in [0.1, 0.15) is 18.0 Å². The van der Waals surface area contributed by atoms with Crippen LogP contribution >= 0.6 is 0 Å². The molecule has 0 fully saturated rings. The van der Waals surface area contributed by atoms with Gasteiger partial charge in [0, 0.05) is 5.56 Å². The molecule has 2 amide bonds. The summed E-state index contributed by atoms with van der Waals surface area (Å²) in [5, 5.41) is 10.1. The Morgan fingerprint density at radius 2 is 2.07 bits per heavy atom. The number of rotatable bonds is 4. The standard InChI is InChI=1S/C21H18FN3O4/c1-28-14-4-2-12(3-5-14)10-25-20-17-15(8-13(11-26)18(20)22)23-9-16-19(17)24(21(25)27)6-7-29-16/h2-5,8-9,26H,6-7,10-11H2,1H3. The van der Waals surface area contributed by atoms with Gasteiger partial charge in [-0.3, -0.25) is 14.8 Å². The Bertz CT molecular complexity index is 1130. The molecule has 0 saturated heterocycles. The fraction of sp³-hybridized carbons (Fsp3) is 0.238. The number of pyridine rings is 1. The molecule has 29 heavy (non-hydrogen) atoms. The van der Waals surface area contributed by atoms with Crippen molar-refractivity contribution in [2.24, 2.45) is 0 Å². The average Bonchev–Trinajstić information content (AvgIpc) is 2.76. The van der Waals surface area contributed by atoms with Crippen LogP contribution in [-0.2, 0) is 13.2 Å². The molecule has 3 heterocycles. The van der Waals surface area contributed by atoms with Gasteiger partial charge in [0.2, 0.25) is 0 Å². The molecule has 8 heteroatoms. The number of carbonyl (C=O) groups is 1. The van der Waals surface area contributed by atoms with Crippen molar-refractivity contribution in [3.05, 3.63) is 53.5 Å². The normalized spacial score (nSPS) is 14.9. The topological polar surface area (TPSA) is 75.1 Å². The summed E-state index contributed by atoms with van der Waals surface area (Å²) in [5.41, 5.74) is 2.08. The van der Waals surface area contributed by atoms with Crippen LogP contribution in [0.15, 0.2) is 36.5 Å². The summed E-state index contributed by atoms with van der Waals surface area (Å²) in [4.78, 5) is 20.7. The number of amides is 2. The molecule has 0 spiro atoms. The van der Waals surface area contributed by atoms with Crippen molar-refractivity contribution >= 4 is 28.3 Å². The molecule has 2 aliphatic heterocycles. The molecule has 0 atom stereocenters. The zero-order chi connectivity index (χ0) is 20.1. The lowest BCUT2D eigenvalue weighted by Crippen LogP contribution is -2.49. The van der Waals surface area contributed by atoms with E-state index in [0.29, 0.717) is 41.2 Å². The van der Waals surface area contributed by atoms with E-state index < -0.39 is 12.4 Å². The quantitative estimate of drug-likeness (QED) is 0.734. The van der Waals surface area contributed by atoms with Gasteiger partial charge < -0.3 is 14.6 Å². The minimum atomic E-state index is -0.623. The fourth-order valence-electron chi connectivity index (χ4n) is 3.93. The third kappa shape index (κ3) is 2.60. The summed E-state index contributed by atoms with van der Waals surface area (Å²) < 4.78 is 26.2. The summed E-state index contributed by atoms with van der Waals surface area (Å²) in [6.45, 7) is 0.394. The first kappa shape index (κ1) is 17.7. The molecule has 2 aliphatic rings. The Labute approximate surface area is 165 Å². The van der Waals surface area contributed by atoms with Crippen molar-refractivity contribution in [2.45, 2.75) is 13.2 Å². The molecule has 0 aliphatic carbocycles. The number of hydrogen-bond donors (Lipinski definition) is 1. The Kier molecular flexibility index (Phi) is 4.02. The maximum atomic E-state index is 15.4. The molecule has 2 aromatic carbocycles. The average molecular weight is 395 g/mol. The third-order valence-corrected chi connectivity index (χ3v) is 5.33. The van der Waals surface area contributed by atoms with E-state index >= 15 is 4.39 Å². The van der Waals surface area contributed by atoms with Crippen molar-refractivity contribution in [1.82, 2.24) is 4.98 Å². The van der Waals surface area contributed by atoms with Crippen LogP contribution in [0.3, 0.4) is 0 Å². The highest BCUT2D eigenvalue weighted by molar-refractivity contribution is 6.20. The third-order valence-electron chi connectivity index (χ3n) is 5.33. The van der Waals surface area contributed by atoms with Crippen LogP contribution in [0.1, 0.15) is 11.1 Å². The molecule has 0 saturated carbocycles. The Morgan fingerprint density at radius 3 is 2.79 bits per heavy atom. The maximum absolute atomic E-state index is 15.4. The zero-order valence-corrected chi connectivity index (χ0v) is 15.7. The van der Waals surface area contributed by atoms with Crippen molar-refractivity contribution in [3.63, 3.8) is 0 Å². The van der Waals surface area contributed by atoms with Crippen LogP contribution in [0.4, 0.5) is 20.6 Å². The number of anilines is 2. The Hall–Kier alpha value is -3.39. The number of carbonyl (C=O) groups excluding carboxylic acids is 1. The van der Waals surface area contributed by atoms with E-state index in [2.05, 4.69) is 4.98 Å². The number of hydrogen-bond acceptors (Lipinski definition) is 5. The van der Waals surface area contributed by atoms with Crippen LogP contribution in [-0.4, -0.2) is 36.4 Å². The summed E-state index contributed by atoms with van der Waals surface area (Å²) in [7, 11) is 1.58. The number of benzene rings is 2. The first-order valence-electron chi connectivity index (χ1n) is 9.22. The second kappa shape index (κ2) is 6.59. The van der Waals surface area contributed by atoms with Gasteiger partial charge >= 0.3 is 6.03 Å². The van der Waals surface area contributed by atoms with E-state index in [9.17, 15) is 9.90 Å². The van der Waals surface area contributed by atoms with Crippen molar-refractivity contribution in [1.29, 1.82) is 0 Å². The van der Waals surface area contributed by atoms with Crippen LogP contribution in [0, 0.1) is 5.82 Å². The van der Waals surface area contributed by atoms with Gasteiger partial charge in [0.15, 0.2) is 11.6 Å². The molecule has 3 aromatic rings. The van der Waals surface area contributed by atoms with E-state index in [1.165, 1.54) is 11.0 Å². The monoisotopic (exact) mass is 395 g/mol. The highest BCUT2D eigenvalue weighted by atomic mass is 19.1. The predicted octanol–water partition coefficient (Wildman–Crippen LogP) is 3.21. The second-order valence-electron chi connectivity index (χ2n) is 6.94. The lowest BCUT2D eigenvalue weighted by Gasteiger charge is -2.40. The number of ether oxygens (including phenoxy) is 2. The Balaban J connectivity index is 1.73. The molecular weight excluding hydrogens is 377 g/mol. The highest BCUT2D eigenvalue weighted by Crippen LogP contribution is 2.48. The smallest absolute Gasteiger partial charge is 0.329 e. The molecule has 0 bridgehead atoms. The summed E-state index contributed by atoms with van der Waals surface area (Å²) in [6, 6.07) is 8.44. The summed E-state index contributed by atoms with van der Waals surface area (Å²) in [6.07, 6.45) is 1.54. The van der Waals surface area contributed by atoms with Gasteiger partial charge in [-0.2, -0.15) is 0 Å². The van der Waals surface area contributed by atoms with E-state index in [4.69, 9.17) is 9.47 Å². The molecule has 5 rings (SSSR count). The van der Waals surface area contributed by atoms with Crippen LogP contribution in [0.25, 0.3) is 10.9 Å². The van der Waals surface area contributed by atoms with E-state index in [1.807, 2.05) is 12.1 Å². The minimum absolute atomic E-state index is 0.0951. The number of urea groups is 1. The number of nitrogens with zero attached hydrogens (tertiary/aromatic N) is 3. The number of aliphatic hydroxyl groups is 1. The summed E-state index contributed by atoms with van der Waals surface area (Å²) >= 11 is 0. The second-order valence-corrected chi connectivity index (χ2v) is 6.94. The molecule has 148 valence electrons.